The number of imidazole rings is 2. The van der Waals surface area contributed by atoms with Crippen LogP contribution in [0.4, 0.5) is 26.3 Å². The predicted octanol–water partition coefficient (Wildman–Crippen LogP) is 6.20. The van der Waals surface area contributed by atoms with Gasteiger partial charge in [0.1, 0.15) is 5.15 Å². The van der Waals surface area contributed by atoms with Crippen LogP contribution in [0.1, 0.15) is 40.9 Å². The van der Waals surface area contributed by atoms with E-state index in [1.54, 1.807) is 0 Å². The zero-order chi connectivity index (χ0) is 24.3. The zero-order valence-electron chi connectivity index (χ0n) is 18.2. The average molecular weight is 493 g/mol. The minimum Gasteiger partial charge on any atom is -0.305 e. The zero-order valence-corrected chi connectivity index (χ0v) is 19.0. The standard InChI is InChI=1S/C22H23ClF6N4/c1-11-6-12(2)18(13(3)7-11)33-17(23)9-32-16(19(22(27,28)29)31-20(32)33)8-15(14-4-5-14)30-10-21(24,25)26/h6-7,9,14-15,30H,4-5,8,10H2,1-3H3. The smallest absolute Gasteiger partial charge is 0.305 e. The second-order valence-corrected chi connectivity index (χ2v) is 9.14. The van der Waals surface area contributed by atoms with Crippen LogP contribution in [0.2, 0.25) is 5.15 Å². The molecule has 0 radical (unpaired) electrons. The van der Waals surface area contributed by atoms with E-state index < -0.39 is 30.6 Å². The molecule has 1 saturated carbocycles. The van der Waals surface area contributed by atoms with E-state index in [2.05, 4.69) is 10.3 Å². The fourth-order valence-electron chi connectivity index (χ4n) is 4.52. The molecule has 3 aromatic rings. The summed E-state index contributed by atoms with van der Waals surface area (Å²) in [6.07, 6.45) is -6.79. The highest BCUT2D eigenvalue weighted by Crippen LogP contribution is 2.39. The fourth-order valence-corrected chi connectivity index (χ4v) is 4.78. The SMILES string of the molecule is Cc1cc(C)c(-n2c(Cl)cn3c(CC(NCC(F)(F)F)C4CC4)c(C(F)(F)F)nc23)c(C)c1. The maximum atomic E-state index is 13.9. The van der Waals surface area contributed by atoms with Gasteiger partial charge in [0.25, 0.3) is 0 Å². The lowest BCUT2D eigenvalue weighted by Crippen LogP contribution is -2.40. The minimum absolute atomic E-state index is 0.0252. The summed E-state index contributed by atoms with van der Waals surface area (Å²) in [6.45, 7) is 4.32. The van der Waals surface area contributed by atoms with Crippen molar-refractivity contribution in [1.29, 1.82) is 0 Å². The molecule has 33 heavy (non-hydrogen) atoms. The lowest BCUT2D eigenvalue weighted by Gasteiger charge is -2.20. The van der Waals surface area contributed by atoms with Gasteiger partial charge < -0.3 is 5.32 Å². The fraction of sp³-hybridized carbons (Fsp3) is 0.500. The number of benzene rings is 1. The normalized spacial score (nSPS) is 16.1. The minimum atomic E-state index is -4.77. The molecule has 1 aromatic carbocycles. The number of nitrogens with one attached hydrogen (secondary N) is 1. The van der Waals surface area contributed by atoms with E-state index in [1.807, 2.05) is 32.9 Å². The Morgan fingerprint density at radius 1 is 1.09 bits per heavy atom. The molecule has 1 atom stereocenters. The molecular formula is C22H23ClF6N4. The van der Waals surface area contributed by atoms with E-state index in [4.69, 9.17) is 11.6 Å². The summed E-state index contributed by atoms with van der Waals surface area (Å²) < 4.78 is 82.8. The number of aromatic nitrogens is 3. The van der Waals surface area contributed by atoms with Crippen LogP contribution >= 0.6 is 11.6 Å². The van der Waals surface area contributed by atoms with E-state index in [0.717, 1.165) is 16.7 Å². The van der Waals surface area contributed by atoms with Crippen molar-refractivity contribution in [3.05, 3.63) is 51.6 Å². The molecule has 0 spiro atoms. The first kappa shape index (κ1) is 23.9. The lowest BCUT2D eigenvalue weighted by molar-refractivity contribution is -0.141. The number of nitrogens with zero attached hydrogens (tertiary/aromatic N) is 3. The Labute approximate surface area is 191 Å². The van der Waals surface area contributed by atoms with Gasteiger partial charge in [0.15, 0.2) is 5.69 Å². The molecule has 0 amide bonds. The maximum absolute atomic E-state index is 13.9. The number of hydrogen-bond donors (Lipinski definition) is 1. The summed E-state index contributed by atoms with van der Waals surface area (Å²) in [7, 11) is 0. The average Bonchev–Trinajstić information content (AvgIpc) is 3.36. The van der Waals surface area contributed by atoms with Gasteiger partial charge in [-0.25, -0.2) is 4.98 Å². The van der Waals surface area contributed by atoms with Crippen LogP contribution in [0.25, 0.3) is 11.5 Å². The third-order valence-electron chi connectivity index (χ3n) is 5.94. The number of alkyl halides is 6. The van der Waals surface area contributed by atoms with Crippen LogP contribution in [0, 0.1) is 26.7 Å². The van der Waals surface area contributed by atoms with E-state index in [1.165, 1.54) is 15.2 Å². The Morgan fingerprint density at radius 3 is 2.21 bits per heavy atom. The summed E-state index contributed by atoms with van der Waals surface area (Å²) in [4.78, 5) is 3.89. The van der Waals surface area contributed by atoms with Crippen molar-refractivity contribution in [1.82, 2.24) is 19.3 Å². The monoisotopic (exact) mass is 492 g/mol. The lowest BCUT2D eigenvalue weighted by atomic mass is 10.0. The van der Waals surface area contributed by atoms with E-state index >= 15 is 0 Å². The van der Waals surface area contributed by atoms with Crippen molar-refractivity contribution in [3.8, 4) is 5.69 Å². The van der Waals surface area contributed by atoms with Crippen LogP contribution < -0.4 is 5.32 Å². The molecule has 1 aliphatic rings. The molecule has 1 aliphatic carbocycles. The van der Waals surface area contributed by atoms with Gasteiger partial charge in [-0.2, -0.15) is 26.3 Å². The first-order valence-corrected chi connectivity index (χ1v) is 10.9. The largest absolute Gasteiger partial charge is 0.435 e. The molecule has 4 nitrogen and oxygen atoms in total. The molecule has 2 aromatic heterocycles. The summed E-state index contributed by atoms with van der Waals surface area (Å²) in [5.74, 6) is -0.138. The molecule has 180 valence electrons. The van der Waals surface area contributed by atoms with Crippen LogP contribution in [-0.4, -0.2) is 32.7 Å². The third-order valence-corrected chi connectivity index (χ3v) is 6.20. The highest BCUT2D eigenvalue weighted by molar-refractivity contribution is 6.30. The Bertz CT molecular complexity index is 1160. The third kappa shape index (κ3) is 4.87. The summed E-state index contributed by atoms with van der Waals surface area (Å²) in [5.41, 5.74) is 1.94. The van der Waals surface area contributed by atoms with Crippen molar-refractivity contribution in [2.24, 2.45) is 5.92 Å². The van der Waals surface area contributed by atoms with Crippen LogP contribution in [0.3, 0.4) is 0 Å². The van der Waals surface area contributed by atoms with Crippen LogP contribution in [0.5, 0.6) is 0 Å². The predicted molar refractivity (Wildman–Crippen MR) is 113 cm³/mol. The molecule has 2 heterocycles. The Hall–Kier alpha value is -2.20. The van der Waals surface area contributed by atoms with Gasteiger partial charge in [-0.15, -0.1) is 0 Å². The number of halogens is 7. The summed E-state index contributed by atoms with van der Waals surface area (Å²) in [5, 5.41) is 2.57. The van der Waals surface area contributed by atoms with Gasteiger partial charge in [-0.05, 0) is 50.7 Å². The number of rotatable bonds is 6. The molecular weight excluding hydrogens is 470 g/mol. The first-order chi connectivity index (χ1) is 15.3. The highest BCUT2D eigenvalue weighted by atomic mass is 35.5. The van der Waals surface area contributed by atoms with Gasteiger partial charge in [-0.3, -0.25) is 8.97 Å². The van der Waals surface area contributed by atoms with Crippen LogP contribution in [0.15, 0.2) is 18.3 Å². The highest BCUT2D eigenvalue weighted by Gasteiger charge is 2.42. The van der Waals surface area contributed by atoms with Crippen molar-refractivity contribution in [2.75, 3.05) is 6.54 Å². The quantitative estimate of drug-likeness (QED) is 0.416. The second-order valence-electron chi connectivity index (χ2n) is 8.75. The molecule has 0 bridgehead atoms. The molecule has 4 rings (SSSR count). The number of hydrogen-bond acceptors (Lipinski definition) is 2. The molecule has 1 fully saturated rings. The summed E-state index contributed by atoms with van der Waals surface area (Å²) >= 11 is 6.45. The van der Waals surface area contributed by atoms with Gasteiger partial charge in [-0.1, -0.05) is 29.3 Å². The van der Waals surface area contributed by atoms with Gasteiger partial charge in [0.2, 0.25) is 5.78 Å². The van der Waals surface area contributed by atoms with E-state index in [0.29, 0.717) is 18.5 Å². The molecule has 1 unspecified atom stereocenters. The van der Waals surface area contributed by atoms with Gasteiger partial charge in [0, 0.05) is 18.7 Å². The number of fused-ring (bicyclic) bond motifs is 1. The Balaban J connectivity index is 1.84. The van der Waals surface area contributed by atoms with E-state index in [9.17, 15) is 26.3 Å². The van der Waals surface area contributed by atoms with Crippen molar-refractivity contribution in [2.45, 2.75) is 58.4 Å². The Kier molecular flexibility index (Phi) is 5.97. The Morgan fingerprint density at radius 2 is 1.70 bits per heavy atom. The maximum Gasteiger partial charge on any atom is 0.435 e. The number of aryl methyl sites for hydroxylation is 3. The van der Waals surface area contributed by atoms with Crippen LogP contribution in [-0.2, 0) is 12.6 Å². The molecule has 11 heteroatoms. The first-order valence-electron chi connectivity index (χ1n) is 10.5. The van der Waals surface area contributed by atoms with Crippen molar-refractivity contribution in [3.63, 3.8) is 0 Å². The topological polar surface area (TPSA) is 34.3 Å². The van der Waals surface area contributed by atoms with Gasteiger partial charge >= 0.3 is 12.4 Å². The molecule has 1 N–H and O–H groups in total. The molecule has 0 aliphatic heterocycles. The van der Waals surface area contributed by atoms with E-state index in [-0.39, 0.29) is 29.0 Å². The van der Waals surface area contributed by atoms with Gasteiger partial charge in [0.05, 0.1) is 17.9 Å². The molecule has 0 saturated heterocycles. The second kappa shape index (κ2) is 8.23. The summed E-state index contributed by atoms with van der Waals surface area (Å²) in [6, 6.07) is 3.04. The van der Waals surface area contributed by atoms with Crippen molar-refractivity contribution < 1.29 is 26.3 Å². The van der Waals surface area contributed by atoms with Crippen molar-refractivity contribution >= 4 is 17.4 Å².